The number of hydrogen-bond donors (Lipinski definition) is 0. The third-order valence-electron chi connectivity index (χ3n) is 5.64. The van der Waals surface area contributed by atoms with E-state index in [0.29, 0.717) is 12.5 Å². The lowest BCUT2D eigenvalue weighted by atomic mass is 9.96. The number of ether oxygens (including phenoxy) is 1. The molecule has 0 N–H and O–H groups in total. The molecule has 2 atom stereocenters. The maximum atomic E-state index is 12.8. The Kier molecular flexibility index (Phi) is 5.53. The average molecular weight is 383 g/mol. The van der Waals surface area contributed by atoms with E-state index in [-0.39, 0.29) is 12.1 Å². The van der Waals surface area contributed by atoms with Gasteiger partial charge in [-0.05, 0) is 30.2 Å². The second-order valence-corrected chi connectivity index (χ2v) is 8.37. The van der Waals surface area contributed by atoms with Crippen molar-refractivity contribution in [2.45, 2.75) is 25.6 Å². The number of methoxy groups -OCH3 is 1. The van der Waals surface area contributed by atoms with Crippen LogP contribution in [0.5, 0.6) is 0 Å². The molecule has 1 saturated heterocycles. The zero-order valence-electron chi connectivity index (χ0n) is 15.9. The number of amides is 1. The Hall–Kier alpha value is -1.82. The summed E-state index contributed by atoms with van der Waals surface area (Å²) in [6.45, 7) is 4.55. The normalized spacial score (nSPS) is 21.8. The van der Waals surface area contributed by atoms with Crippen LogP contribution in [0.2, 0.25) is 0 Å². The largest absolute Gasteiger partial charge is 0.357 e. The van der Waals surface area contributed by atoms with Crippen molar-refractivity contribution in [3.05, 3.63) is 65.2 Å². The summed E-state index contributed by atoms with van der Waals surface area (Å²) in [5.41, 5.74) is 4.32. The van der Waals surface area contributed by atoms with E-state index in [9.17, 15) is 4.79 Å². The van der Waals surface area contributed by atoms with Crippen molar-refractivity contribution >= 4 is 23.4 Å². The van der Waals surface area contributed by atoms with Gasteiger partial charge in [-0.1, -0.05) is 36.4 Å². The zero-order chi connectivity index (χ0) is 18.8. The minimum atomic E-state index is -0.371. The van der Waals surface area contributed by atoms with E-state index in [4.69, 9.17) is 4.74 Å². The molecule has 142 valence electrons. The van der Waals surface area contributed by atoms with Crippen LogP contribution in [0.15, 0.2) is 48.5 Å². The van der Waals surface area contributed by atoms with Gasteiger partial charge in [0.2, 0.25) is 5.91 Å². The molecule has 0 saturated carbocycles. The molecule has 0 spiro atoms. The monoisotopic (exact) mass is 382 g/mol. The van der Waals surface area contributed by atoms with Gasteiger partial charge in [0, 0.05) is 49.0 Å². The molecule has 1 fully saturated rings. The third-order valence-corrected chi connectivity index (χ3v) is 6.58. The molecule has 1 amide bonds. The van der Waals surface area contributed by atoms with Crippen molar-refractivity contribution in [3.8, 4) is 0 Å². The summed E-state index contributed by atoms with van der Waals surface area (Å²) in [5.74, 6) is 2.49. The highest BCUT2D eigenvalue weighted by molar-refractivity contribution is 7.99. The predicted octanol–water partition coefficient (Wildman–Crippen LogP) is 4.03. The minimum Gasteiger partial charge on any atom is -0.357 e. The van der Waals surface area contributed by atoms with Crippen molar-refractivity contribution in [3.63, 3.8) is 0 Å². The van der Waals surface area contributed by atoms with Crippen LogP contribution in [0, 0.1) is 0 Å². The summed E-state index contributed by atoms with van der Waals surface area (Å²) >= 11 is 2.03. The van der Waals surface area contributed by atoms with Crippen molar-refractivity contribution in [2.24, 2.45) is 0 Å². The van der Waals surface area contributed by atoms with Gasteiger partial charge in [0.25, 0.3) is 0 Å². The van der Waals surface area contributed by atoms with Gasteiger partial charge in [0.05, 0.1) is 6.42 Å². The molecule has 27 heavy (non-hydrogen) atoms. The first-order valence-corrected chi connectivity index (χ1v) is 10.7. The second kappa shape index (κ2) is 8.05. The van der Waals surface area contributed by atoms with Crippen molar-refractivity contribution in [1.29, 1.82) is 0 Å². The lowest BCUT2D eigenvalue weighted by molar-refractivity contribution is -0.121. The number of nitrogens with zero attached hydrogens (tertiary/aromatic N) is 2. The summed E-state index contributed by atoms with van der Waals surface area (Å²) in [6.07, 6.45) is 0.0458. The van der Waals surface area contributed by atoms with Crippen molar-refractivity contribution in [2.75, 3.05) is 36.6 Å². The van der Waals surface area contributed by atoms with Gasteiger partial charge in [-0.2, -0.15) is 11.8 Å². The number of carbonyl (C=O) groups excluding carboxylic acids is 1. The molecule has 2 aliphatic rings. The third kappa shape index (κ3) is 3.64. The molecule has 2 aromatic rings. The Morgan fingerprint density at radius 2 is 1.78 bits per heavy atom. The molecule has 0 bridgehead atoms. The van der Waals surface area contributed by atoms with Crippen LogP contribution in [-0.2, 0) is 16.0 Å². The fourth-order valence-electron chi connectivity index (χ4n) is 4.05. The van der Waals surface area contributed by atoms with Gasteiger partial charge in [-0.3, -0.25) is 14.6 Å². The first-order valence-electron chi connectivity index (χ1n) is 9.53. The van der Waals surface area contributed by atoms with Crippen LogP contribution in [0.4, 0.5) is 5.69 Å². The Morgan fingerprint density at radius 3 is 2.48 bits per heavy atom. The number of rotatable bonds is 4. The average Bonchev–Trinajstić information content (AvgIpc) is 2.73. The number of carbonyl (C=O) groups is 1. The summed E-state index contributed by atoms with van der Waals surface area (Å²) in [6, 6.07) is 16.9. The Bertz CT molecular complexity index is 802. The van der Waals surface area contributed by atoms with Crippen LogP contribution in [0.1, 0.15) is 35.9 Å². The standard InChI is InChI=1S/C22H26N2O2S/c1-16(23-11-13-27-14-12-23)17-7-9-19(10-8-17)24-21(25)15-18-5-3-4-6-20(18)22(24)26-2/h3-10,16,22H,11-15H2,1-2H3. The maximum absolute atomic E-state index is 12.8. The highest BCUT2D eigenvalue weighted by Crippen LogP contribution is 2.35. The molecule has 2 unspecified atom stereocenters. The number of fused-ring (bicyclic) bond motifs is 1. The number of anilines is 1. The summed E-state index contributed by atoms with van der Waals surface area (Å²) < 4.78 is 5.72. The number of benzene rings is 2. The summed E-state index contributed by atoms with van der Waals surface area (Å²) in [7, 11) is 1.66. The van der Waals surface area contributed by atoms with Crippen molar-refractivity contribution < 1.29 is 9.53 Å². The number of thioether (sulfide) groups is 1. The first-order chi connectivity index (χ1) is 13.2. The highest BCUT2D eigenvalue weighted by Gasteiger charge is 2.33. The smallest absolute Gasteiger partial charge is 0.233 e. The first kappa shape index (κ1) is 18.5. The van der Waals surface area contributed by atoms with E-state index in [1.807, 2.05) is 36.0 Å². The Labute approximate surface area is 165 Å². The zero-order valence-corrected chi connectivity index (χ0v) is 16.7. The van der Waals surface area contributed by atoms with E-state index < -0.39 is 0 Å². The van der Waals surface area contributed by atoms with Crippen LogP contribution in [0.25, 0.3) is 0 Å². The molecule has 0 aliphatic carbocycles. The van der Waals surface area contributed by atoms with Gasteiger partial charge in [0.15, 0.2) is 6.23 Å². The van der Waals surface area contributed by atoms with Crippen molar-refractivity contribution in [1.82, 2.24) is 4.90 Å². The van der Waals surface area contributed by atoms with E-state index in [0.717, 1.165) is 29.9 Å². The van der Waals surface area contributed by atoms with Gasteiger partial charge < -0.3 is 4.74 Å². The SMILES string of the molecule is COC1c2ccccc2CC(=O)N1c1ccc(C(C)N2CCSCC2)cc1. The summed E-state index contributed by atoms with van der Waals surface area (Å²) in [5, 5.41) is 0. The molecule has 2 aliphatic heterocycles. The van der Waals surface area contributed by atoms with Crippen LogP contribution in [0.3, 0.4) is 0 Å². The second-order valence-electron chi connectivity index (χ2n) is 7.14. The van der Waals surface area contributed by atoms with Crippen LogP contribution >= 0.6 is 11.8 Å². The lowest BCUT2D eigenvalue weighted by Gasteiger charge is -2.36. The van der Waals surface area contributed by atoms with E-state index in [2.05, 4.69) is 36.1 Å². The quantitative estimate of drug-likeness (QED) is 0.799. The Morgan fingerprint density at radius 1 is 1.07 bits per heavy atom. The molecule has 0 aromatic heterocycles. The minimum absolute atomic E-state index is 0.0782. The number of hydrogen-bond acceptors (Lipinski definition) is 4. The van der Waals surface area contributed by atoms with Crippen LogP contribution in [-0.4, -0.2) is 42.5 Å². The topological polar surface area (TPSA) is 32.8 Å². The van der Waals surface area contributed by atoms with E-state index in [1.165, 1.54) is 17.1 Å². The van der Waals surface area contributed by atoms with E-state index in [1.54, 1.807) is 12.0 Å². The van der Waals surface area contributed by atoms with Gasteiger partial charge in [0.1, 0.15) is 0 Å². The summed E-state index contributed by atoms with van der Waals surface area (Å²) in [4.78, 5) is 17.1. The molecule has 2 heterocycles. The maximum Gasteiger partial charge on any atom is 0.233 e. The molecular weight excluding hydrogens is 356 g/mol. The molecular formula is C22H26N2O2S. The van der Waals surface area contributed by atoms with Gasteiger partial charge >= 0.3 is 0 Å². The molecule has 5 heteroatoms. The van der Waals surface area contributed by atoms with Gasteiger partial charge in [-0.25, -0.2) is 0 Å². The Balaban J connectivity index is 1.58. The molecule has 0 radical (unpaired) electrons. The molecule has 4 nitrogen and oxygen atoms in total. The predicted molar refractivity (Wildman–Crippen MR) is 111 cm³/mol. The highest BCUT2D eigenvalue weighted by atomic mass is 32.2. The fraction of sp³-hybridized carbons (Fsp3) is 0.409. The van der Waals surface area contributed by atoms with Gasteiger partial charge in [-0.15, -0.1) is 0 Å². The van der Waals surface area contributed by atoms with E-state index >= 15 is 0 Å². The fourth-order valence-corrected chi connectivity index (χ4v) is 4.99. The lowest BCUT2D eigenvalue weighted by Crippen LogP contribution is -2.41. The van der Waals surface area contributed by atoms with Crippen LogP contribution < -0.4 is 4.90 Å². The molecule has 2 aromatic carbocycles. The molecule has 4 rings (SSSR count).